The summed E-state index contributed by atoms with van der Waals surface area (Å²) in [6.07, 6.45) is 8.09. The number of nitrogens with one attached hydrogen (secondary N) is 2. The highest BCUT2D eigenvalue weighted by molar-refractivity contribution is 6.01. The van der Waals surface area contributed by atoms with Gasteiger partial charge in [0, 0.05) is 55.8 Å². The molecule has 3 aromatic heterocycles. The predicted octanol–water partition coefficient (Wildman–Crippen LogP) is 1.88. The van der Waals surface area contributed by atoms with E-state index < -0.39 is 0 Å². The normalized spacial score (nSPS) is 18.1. The average molecular weight is 401 g/mol. The zero-order valence-corrected chi connectivity index (χ0v) is 17.1. The highest BCUT2D eigenvalue weighted by atomic mass is 16.5. The average Bonchev–Trinajstić information content (AvgIpc) is 3.05. The van der Waals surface area contributed by atoms with Crippen LogP contribution < -0.4 is 15.4 Å². The van der Waals surface area contributed by atoms with Crippen molar-refractivity contribution in [3.8, 4) is 28.3 Å². The standard InChI is InChI=1S/C23H23N5O2/c1-28-19-7-23(11-25-12-23)27-22(29)20(19)16-4-3-13-9-26-18(6-17(13)21(16)28)14-5-15(30-2)10-24-8-14/h5-6,8-10,25H,3-4,7,11-12H2,1-2H3,(H,27,29). The second kappa shape index (κ2) is 6.15. The summed E-state index contributed by atoms with van der Waals surface area (Å²) < 4.78 is 7.57. The molecule has 0 bridgehead atoms. The molecule has 7 heteroatoms. The maximum absolute atomic E-state index is 13.1. The first kappa shape index (κ1) is 17.7. The lowest BCUT2D eigenvalue weighted by Gasteiger charge is -2.45. The number of hydrogen-bond acceptors (Lipinski definition) is 5. The third-order valence-corrected chi connectivity index (χ3v) is 6.79. The number of rotatable bonds is 2. The number of nitrogens with zero attached hydrogens (tertiary/aromatic N) is 3. The highest BCUT2D eigenvalue weighted by Gasteiger charge is 2.46. The van der Waals surface area contributed by atoms with E-state index in [1.165, 1.54) is 11.1 Å². The maximum Gasteiger partial charge on any atom is 0.253 e. The van der Waals surface area contributed by atoms with Gasteiger partial charge in [-0.2, -0.15) is 0 Å². The smallest absolute Gasteiger partial charge is 0.253 e. The molecule has 0 unspecified atom stereocenters. The van der Waals surface area contributed by atoms with Crippen molar-refractivity contribution in [3.63, 3.8) is 0 Å². The molecule has 30 heavy (non-hydrogen) atoms. The van der Waals surface area contributed by atoms with E-state index in [0.717, 1.165) is 66.1 Å². The second-order valence-electron chi connectivity index (χ2n) is 8.56. The molecule has 152 valence electrons. The third kappa shape index (κ3) is 2.38. The van der Waals surface area contributed by atoms with Crippen LogP contribution in [0, 0.1) is 0 Å². The van der Waals surface area contributed by atoms with Crippen molar-refractivity contribution in [2.45, 2.75) is 24.8 Å². The summed E-state index contributed by atoms with van der Waals surface area (Å²) in [4.78, 5) is 22.0. The van der Waals surface area contributed by atoms with Gasteiger partial charge in [0.1, 0.15) is 5.75 Å². The van der Waals surface area contributed by atoms with E-state index in [4.69, 9.17) is 9.72 Å². The molecule has 1 amide bonds. The lowest BCUT2D eigenvalue weighted by molar-refractivity contribution is 0.0824. The monoisotopic (exact) mass is 401 g/mol. The number of ether oxygens (including phenoxy) is 1. The molecular formula is C23H23N5O2. The summed E-state index contributed by atoms with van der Waals surface area (Å²) in [5.74, 6) is 0.780. The number of methoxy groups -OCH3 is 1. The zero-order chi connectivity index (χ0) is 20.5. The number of carbonyl (C=O) groups excluding carboxylic acids is 1. The summed E-state index contributed by atoms with van der Waals surface area (Å²) >= 11 is 0. The molecule has 3 aliphatic rings. The Morgan fingerprint density at radius 1 is 1.17 bits per heavy atom. The minimum Gasteiger partial charge on any atom is -0.495 e. The first-order chi connectivity index (χ1) is 14.6. The number of amides is 1. The van der Waals surface area contributed by atoms with Crippen LogP contribution in [0.3, 0.4) is 0 Å². The van der Waals surface area contributed by atoms with E-state index >= 15 is 0 Å². The maximum atomic E-state index is 13.1. The summed E-state index contributed by atoms with van der Waals surface area (Å²) in [5, 5.41) is 6.58. The van der Waals surface area contributed by atoms with Gasteiger partial charge in [-0.25, -0.2) is 0 Å². The molecule has 0 aromatic carbocycles. The van der Waals surface area contributed by atoms with Crippen molar-refractivity contribution in [1.82, 2.24) is 25.2 Å². The molecule has 2 aliphatic heterocycles. The summed E-state index contributed by atoms with van der Waals surface area (Å²) in [6.45, 7) is 1.67. The van der Waals surface area contributed by atoms with Crippen LogP contribution in [0.25, 0.3) is 22.5 Å². The summed E-state index contributed by atoms with van der Waals surface area (Å²) in [5.41, 5.74) is 8.39. The Balaban J connectivity index is 1.51. The van der Waals surface area contributed by atoms with Crippen molar-refractivity contribution in [2.24, 2.45) is 7.05 Å². The van der Waals surface area contributed by atoms with Gasteiger partial charge < -0.3 is 19.9 Å². The quantitative estimate of drug-likeness (QED) is 0.685. The molecule has 2 N–H and O–H groups in total. The van der Waals surface area contributed by atoms with E-state index in [9.17, 15) is 4.79 Å². The zero-order valence-electron chi connectivity index (χ0n) is 17.1. The van der Waals surface area contributed by atoms with Crippen LogP contribution in [0.15, 0.2) is 30.7 Å². The van der Waals surface area contributed by atoms with E-state index in [-0.39, 0.29) is 11.4 Å². The fraction of sp³-hybridized carbons (Fsp3) is 0.348. The molecule has 7 nitrogen and oxygen atoms in total. The SMILES string of the molecule is COc1cncc(-c2cc3c(cn2)CCc2c4c(n(C)c2-3)CC2(CNC2)NC4=O)c1. The van der Waals surface area contributed by atoms with Crippen molar-refractivity contribution >= 4 is 5.91 Å². The second-order valence-corrected chi connectivity index (χ2v) is 8.56. The van der Waals surface area contributed by atoms with E-state index in [0.29, 0.717) is 5.75 Å². The van der Waals surface area contributed by atoms with Gasteiger partial charge in [0.25, 0.3) is 5.91 Å². The van der Waals surface area contributed by atoms with Crippen molar-refractivity contribution in [2.75, 3.05) is 20.2 Å². The number of pyridine rings is 2. The van der Waals surface area contributed by atoms with Crippen LogP contribution in [0.2, 0.25) is 0 Å². The molecule has 1 fully saturated rings. The number of aromatic nitrogens is 3. The van der Waals surface area contributed by atoms with Gasteiger partial charge in [0.15, 0.2) is 0 Å². The molecule has 1 aliphatic carbocycles. The number of aryl methyl sites for hydroxylation is 1. The molecule has 1 spiro atoms. The van der Waals surface area contributed by atoms with Crippen molar-refractivity contribution in [1.29, 1.82) is 0 Å². The van der Waals surface area contributed by atoms with Crippen molar-refractivity contribution in [3.05, 3.63) is 53.1 Å². The van der Waals surface area contributed by atoms with Crippen LogP contribution in [0.4, 0.5) is 0 Å². The lowest BCUT2D eigenvalue weighted by atomic mass is 9.81. The topological polar surface area (TPSA) is 81.1 Å². The highest BCUT2D eigenvalue weighted by Crippen LogP contribution is 2.42. The van der Waals surface area contributed by atoms with Crippen LogP contribution in [-0.4, -0.2) is 46.2 Å². The van der Waals surface area contributed by atoms with Crippen LogP contribution in [-0.2, 0) is 26.3 Å². The van der Waals surface area contributed by atoms with Gasteiger partial charge in [-0.1, -0.05) is 0 Å². The minimum atomic E-state index is -0.128. The van der Waals surface area contributed by atoms with Gasteiger partial charge in [0.2, 0.25) is 0 Å². The Morgan fingerprint density at radius 3 is 2.80 bits per heavy atom. The fourth-order valence-corrected chi connectivity index (χ4v) is 5.16. The van der Waals surface area contributed by atoms with Gasteiger partial charge in [-0.3, -0.25) is 14.8 Å². The summed E-state index contributed by atoms with van der Waals surface area (Å²) in [7, 11) is 3.73. The predicted molar refractivity (Wildman–Crippen MR) is 113 cm³/mol. The first-order valence-corrected chi connectivity index (χ1v) is 10.3. The molecule has 0 radical (unpaired) electrons. The van der Waals surface area contributed by atoms with Gasteiger partial charge >= 0.3 is 0 Å². The number of carbonyl (C=O) groups is 1. The first-order valence-electron chi connectivity index (χ1n) is 10.3. The Labute approximate surface area is 174 Å². The molecular weight excluding hydrogens is 378 g/mol. The van der Waals surface area contributed by atoms with Crippen LogP contribution in [0.1, 0.15) is 27.2 Å². The Hall–Kier alpha value is -3.19. The molecule has 6 rings (SSSR count). The largest absolute Gasteiger partial charge is 0.495 e. The summed E-state index contributed by atoms with van der Waals surface area (Å²) in [6, 6.07) is 4.08. The number of fused-ring (bicyclic) bond motifs is 5. The molecule has 3 aromatic rings. The molecule has 5 heterocycles. The fourth-order valence-electron chi connectivity index (χ4n) is 5.16. The van der Waals surface area contributed by atoms with Crippen LogP contribution >= 0.6 is 0 Å². The van der Waals surface area contributed by atoms with E-state index in [1.807, 2.05) is 12.3 Å². The molecule has 1 saturated heterocycles. The Bertz CT molecular complexity index is 1210. The molecule has 0 saturated carbocycles. The third-order valence-electron chi connectivity index (χ3n) is 6.79. The van der Waals surface area contributed by atoms with E-state index in [2.05, 4.69) is 33.3 Å². The Kier molecular flexibility index (Phi) is 3.62. The minimum absolute atomic E-state index is 0.0734. The number of hydrogen-bond donors (Lipinski definition) is 2. The van der Waals surface area contributed by atoms with Gasteiger partial charge in [-0.05, 0) is 36.1 Å². The molecule has 0 atom stereocenters. The van der Waals surface area contributed by atoms with Crippen LogP contribution in [0.5, 0.6) is 5.75 Å². The van der Waals surface area contributed by atoms with Gasteiger partial charge in [-0.15, -0.1) is 0 Å². The van der Waals surface area contributed by atoms with Crippen molar-refractivity contribution < 1.29 is 9.53 Å². The van der Waals surface area contributed by atoms with E-state index in [1.54, 1.807) is 19.5 Å². The Morgan fingerprint density at radius 2 is 2.03 bits per heavy atom. The lowest BCUT2D eigenvalue weighted by Crippen LogP contribution is -2.71. The van der Waals surface area contributed by atoms with Gasteiger partial charge in [0.05, 0.1) is 35.8 Å².